The van der Waals surface area contributed by atoms with E-state index < -0.39 is 4.92 Å². The van der Waals surface area contributed by atoms with Gasteiger partial charge >= 0.3 is 5.00 Å². The topological polar surface area (TPSA) is 95.8 Å². The summed E-state index contributed by atoms with van der Waals surface area (Å²) in [6.45, 7) is 5.71. The van der Waals surface area contributed by atoms with Crippen LogP contribution >= 0.6 is 23.7 Å². The van der Waals surface area contributed by atoms with Crippen molar-refractivity contribution < 1.29 is 14.5 Å². The van der Waals surface area contributed by atoms with E-state index in [9.17, 15) is 19.7 Å². The van der Waals surface area contributed by atoms with Crippen molar-refractivity contribution in [2.75, 3.05) is 39.3 Å². The number of hydrogen-bond acceptors (Lipinski definition) is 6. The Morgan fingerprint density at radius 2 is 1.84 bits per heavy atom. The Hall–Kier alpha value is -1.71. The maximum absolute atomic E-state index is 12.5. The summed E-state index contributed by atoms with van der Waals surface area (Å²) >= 11 is 0.891. The first-order chi connectivity index (χ1) is 11.5. The molecule has 0 aromatic carbocycles. The fourth-order valence-electron chi connectivity index (χ4n) is 2.98. The van der Waals surface area contributed by atoms with Gasteiger partial charge in [-0.25, -0.2) is 0 Å². The van der Waals surface area contributed by atoms with Crippen molar-refractivity contribution in [1.29, 1.82) is 0 Å². The van der Waals surface area contributed by atoms with Crippen LogP contribution in [0.4, 0.5) is 5.00 Å². The van der Waals surface area contributed by atoms with Crippen LogP contribution in [0.15, 0.2) is 12.1 Å². The zero-order chi connectivity index (χ0) is 17.3. The zero-order valence-corrected chi connectivity index (χ0v) is 15.5. The van der Waals surface area contributed by atoms with E-state index >= 15 is 0 Å². The van der Waals surface area contributed by atoms with Crippen LogP contribution < -0.4 is 5.32 Å². The van der Waals surface area contributed by atoms with Crippen molar-refractivity contribution in [3.63, 3.8) is 0 Å². The summed E-state index contributed by atoms with van der Waals surface area (Å²) in [5.41, 5.74) is 0. The molecule has 2 aliphatic heterocycles. The van der Waals surface area contributed by atoms with Crippen LogP contribution in [0.2, 0.25) is 0 Å². The van der Waals surface area contributed by atoms with E-state index in [1.54, 1.807) is 4.90 Å². The van der Waals surface area contributed by atoms with Gasteiger partial charge in [-0.05, 0) is 25.1 Å². The molecule has 25 heavy (non-hydrogen) atoms. The molecular formula is C15H21ClN4O4S. The summed E-state index contributed by atoms with van der Waals surface area (Å²) in [5.74, 6) is 0.370. The Balaban J connectivity index is 0.00000225. The minimum absolute atomic E-state index is 0. The molecule has 2 amide bonds. The molecule has 2 aliphatic rings. The zero-order valence-electron chi connectivity index (χ0n) is 13.8. The van der Waals surface area contributed by atoms with Gasteiger partial charge in [0.25, 0.3) is 5.91 Å². The first-order valence-corrected chi connectivity index (χ1v) is 8.82. The van der Waals surface area contributed by atoms with Crippen molar-refractivity contribution in [3.8, 4) is 0 Å². The normalized spacial score (nSPS) is 18.9. The third kappa shape index (κ3) is 4.10. The van der Waals surface area contributed by atoms with E-state index in [4.69, 9.17) is 0 Å². The summed E-state index contributed by atoms with van der Waals surface area (Å²) in [4.78, 5) is 39.0. The fraction of sp³-hybridized carbons (Fsp3) is 0.600. The number of nitro groups is 1. The molecule has 138 valence electrons. The monoisotopic (exact) mass is 388 g/mol. The van der Waals surface area contributed by atoms with Crippen molar-refractivity contribution in [2.45, 2.75) is 6.92 Å². The lowest BCUT2D eigenvalue weighted by atomic mass is 9.88. The SMILES string of the molecule is CC(C(=O)N1CCN(C(=O)c2ccc([N+](=O)[O-])s2)CC1)C1CNC1.Cl. The molecule has 0 spiro atoms. The number of halogens is 1. The first kappa shape index (κ1) is 19.6. The number of carbonyl (C=O) groups is 2. The lowest BCUT2D eigenvalue weighted by molar-refractivity contribution is -0.380. The molecule has 0 bridgehead atoms. The van der Waals surface area contributed by atoms with Crippen LogP contribution in [0, 0.1) is 22.0 Å². The molecule has 1 aromatic rings. The summed E-state index contributed by atoms with van der Waals surface area (Å²) < 4.78 is 0. The minimum atomic E-state index is -0.491. The van der Waals surface area contributed by atoms with Crippen molar-refractivity contribution >= 4 is 40.6 Å². The Kier molecular flexibility index (Phi) is 6.36. The fourth-order valence-corrected chi connectivity index (χ4v) is 3.77. The van der Waals surface area contributed by atoms with Crippen LogP contribution in [0.1, 0.15) is 16.6 Å². The van der Waals surface area contributed by atoms with Gasteiger partial charge in [0.05, 0.1) is 9.80 Å². The van der Waals surface area contributed by atoms with Gasteiger partial charge in [-0.2, -0.15) is 0 Å². The summed E-state index contributed by atoms with van der Waals surface area (Å²) in [6, 6.07) is 2.85. The van der Waals surface area contributed by atoms with Crippen molar-refractivity contribution in [2.24, 2.45) is 11.8 Å². The van der Waals surface area contributed by atoms with Gasteiger partial charge < -0.3 is 15.1 Å². The number of amides is 2. The highest BCUT2D eigenvalue weighted by atomic mass is 35.5. The van der Waals surface area contributed by atoms with E-state index in [0.29, 0.717) is 37.0 Å². The maximum Gasteiger partial charge on any atom is 0.324 e. The quantitative estimate of drug-likeness (QED) is 0.618. The van der Waals surface area contributed by atoms with Gasteiger partial charge in [-0.3, -0.25) is 19.7 Å². The average Bonchev–Trinajstić information content (AvgIpc) is 3.02. The summed E-state index contributed by atoms with van der Waals surface area (Å²) in [6.07, 6.45) is 0. The Morgan fingerprint density at radius 1 is 1.24 bits per heavy atom. The molecule has 2 fully saturated rings. The molecule has 0 radical (unpaired) electrons. The molecule has 0 aliphatic carbocycles. The van der Waals surface area contributed by atoms with E-state index in [2.05, 4.69) is 5.32 Å². The third-order valence-electron chi connectivity index (χ3n) is 4.77. The summed E-state index contributed by atoms with van der Waals surface area (Å²) in [7, 11) is 0. The number of nitrogens with one attached hydrogen (secondary N) is 1. The standard InChI is InChI=1S/C15H20N4O4S.ClH/c1-10(11-8-16-9-11)14(20)17-4-6-18(7-5-17)15(21)12-2-3-13(24-12)19(22)23;/h2-3,10-11,16H,4-9H2,1H3;1H. The highest BCUT2D eigenvalue weighted by molar-refractivity contribution is 7.17. The predicted octanol–water partition coefficient (Wildman–Crippen LogP) is 1.22. The van der Waals surface area contributed by atoms with E-state index in [1.165, 1.54) is 12.1 Å². The van der Waals surface area contributed by atoms with E-state index in [1.807, 2.05) is 11.8 Å². The number of thiophene rings is 1. The molecule has 10 heteroatoms. The second-order valence-corrected chi connectivity index (χ2v) is 7.28. The second kappa shape index (κ2) is 8.11. The molecule has 1 atom stereocenters. The molecule has 1 unspecified atom stereocenters. The van der Waals surface area contributed by atoms with Crippen LogP contribution in [-0.2, 0) is 4.79 Å². The average molecular weight is 389 g/mol. The Labute approximate surface area is 155 Å². The maximum atomic E-state index is 12.5. The largest absolute Gasteiger partial charge is 0.339 e. The van der Waals surface area contributed by atoms with E-state index in [-0.39, 0.29) is 35.1 Å². The van der Waals surface area contributed by atoms with Gasteiger partial charge in [0, 0.05) is 38.2 Å². The third-order valence-corrected chi connectivity index (χ3v) is 5.80. The van der Waals surface area contributed by atoms with E-state index in [0.717, 1.165) is 24.4 Å². The Morgan fingerprint density at radius 3 is 2.32 bits per heavy atom. The first-order valence-electron chi connectivity index (χ1n) is 8.00. The van der Waals surface area contributed by atoms with Gasteiger partial charge in [0.15, 0.2) is 0 Å². The van der Waals surface area contributed by atoms with Gasteiger partial charge in [-0.15, -0.1) is 12.4 Å². The molecular weight excluding hydrogens is 368 g/mol. The lowest BCUT2D eigenvalue weighted by Crippen LogP contribution is -2.55. The van der Waals surface area contributed by atoms with Gasteiger partial charge in [0.2, 0.25) is 5.91 Å². The van der Waals surface area contributed by atoms with Crippen LogP contribution in [-0.4, -0.2) is 65.8 Å². The van der Waals surface area contributed by atoms with Crippen molar-refractivity contribution in [1.82, 2.24) is 15.1 Å². The molecule has 1 N–H and O–H groups in total. The highest BCUT2D eigenvalue weighted by Gasteiger charge is 2.33. The van der Waals surface area contributed by atoms with Crippen LogP contribution in [0.5, 0.6) is 0 Å². The molecule has 3 heterocycles. The number of hydrogen-bond donors (Lipinski definition) is 1. The lowest BCUT2D eigenvalue weighted by Gasteiger charge is -2.39. The Bertz CT molecular complexity index is 656. The minimum Gasteiger partial charge on any atom is -0.339 e. The smallest absolute Gasteiger partial charge is 0.324 e. The van der Waals surface area contributed by atoms with Crippen LogP contribution in [0.3, 0.4) is 0 Å². The molecule has 2 saturated heterocycles. The molecule has 0 saturated carbocycles. The number of piperazine rings is 1. The van der Waals surface area contributed by atoms with Crippen molar-refractivity contribution in [3.05, 3.63) is 27.1 Å². The molecule has 3 rings (SSSR count). The number of carbonyl (C=O) groups excluding carboxylic acids is 2. The number of nitrogens with zero attached hydrogens (tertiary/aromatic N) is 3. The van der Waals surface area contributed by atoms with Gasteiger partial charge in [0.1, 0.15) is 0 Å². The summed E-state index contributed by atoms with van der Waals surface area (Å²) in [5, 5.41) is 13.9. The molecule has 1 aromatic heterocycles. The van der Waals surface area contributed by atoms with Gasteiger partial charge in [-0.1, -0.05) is 18.3 Å². The predicted molar refractivity (Wildman–Crippen MR) is 96.2 cm³/mol. The van der Waals surface area contributed by atoms with Crippen LogP contribution in [0.25, 0.3) is 0 Å². The second-order valence-electron chi connectivity index (χ2n) is 6.22. The highest BCUT2D eigenvalue weighted by Crippen LogP contribution is 2.26. The number of rotatable bonds is 4. The molecule has 8 nitrogen and oxygen atoms in total.